The molecule has 0 saturated carbocycles. The van der Waals surface area contributed by atoms with Crippen molar-refractivity contribution in [1.82, 2.24) is 14.1 Å². The van der Waals surface area contributed by atoms with Crippen molar-refractivity contribution >= 4 is 43.6 Å². The standard InChI is InChI=1S/C68H54N4/c1-40-21-41(2)26-54(25-40)50-9-13-58-59-14-10-51(55-27-42(3)22-43(4)28-55)36-63(59)71(62(58)35-50)66-33-48(39-69)34-67(68(66)49-17-19-70-20-18-49)72-64-37-52(56-29-44(5)23-45(6)30-56)11-15-60(64)61-16-12-53(38-65(61)72)57-31-46(7)24-47(8)32-57/h9-38H,1-8H3. The minimum absolute atomic E-state index is 0.565. The number of pyridine rings is 1. The van der Waals surface area contributed by atoms with Crippen LogP contribution in [0.1, 0.15) is 50.1 Å². The summed E-state index contributed by atoms with van der Waals surface area (Å²) in [5.74, 6) is 0. The van der Waals surface area contributed by atoms with Crippen LogP contribution >= 0.6 is 0 Å². The number of nitrogens with zero attached hydrogens (tertiary/aromatic N) is 4. The lowest BCUT2D eigenvalue weighted by molar-refractivity contribution is 1.13. The van der Waals surface area contributed by atoms with Gasteiger partial charge in [0.05, 0.1) is 45.1 Å². The van der Waals surface area contributed by atoms with Crippen molar-refractivity contribution < 1.29 is 0 Å². The van der Waals surface area contributed by atoms with Crippen LogP contribution in [0.2, 0.25) is 0 Å². The van der Waals surface area contributed by atoms with Crippen molar-refractivity contribution in [1.29, 1.82) is 5.26 Å². The Kier molecular flexibility index (Phi) is 10.7. The van der Waals surface area contributed by atoms with Gasteiger partial charge in [0.15, 0.2) is 0 Å². The van der Waals surface area contributed by atoms with Crippen molar-refractivity contribution in [3.05, 3.63) is 232 Å². The molecule has 3 heterocycles. The molecule has 3 aromatic heterocycles. The van der Waals surface area contributed by atoms with E-state index in [-0.39, 0.29) is 0 Å². The number of hydrogen-bond acceptors (Lipinski definition) is 2. The van der Waals surface area contributed by atoms with Crippen LogP contribution in [-0.2, 0) is 0 Å². The Morgan fingerprint density at radius 2 is 0.583 bits per heavy atom. The number of aryl methyl sites for hydroxylation is 8. The van der Waals surface area contributed by atoms with Gasteiger partial charge in [-0.3, -0.25) is 4.98 Å². The number of hydrogen-bond donors (Lipinski definition) is 0. The molecule has 0 amide bonds. The maximum atomic E-state index is 11.3. The summed E-state index contributed by atoms with van der Waals surface area (Å²) in [5.41, 5.74) is 27.7. The lowest BCUT2D eigenvalue weighted by Crippen LogP contribution is -2.05. The first-order chi connectivity index (χ1) is 34.8. The van der Waals surface area contributed by atoms with Crippen LogP contribution in [0.15, 0.2) is 182 Å². The Morgan fingerprint density at radius 3 is 0.847 bits per heavy atom. The van der Waals surface area contributed by atoms with Gasteiger partial charge in [-0.15, -0.1) is 0 Å². The summed E-state index contributed by atoms with van der Waals surface area (Å²) < 4.78 is 4.86. The van der Waals surface area contributed by atoms with Gasteiger partial charge in [-0.05, 0) is 154 Å². The number of aromatic nitrogens is 3. The number of fused-ring (bicyclic) bond motifs is 6. The normalized spacial score (nSPS) is 11.6. The van der Waals surface area contributed by atoms with Crippen LogP contribution in [-0.4, -0.2) is 14.1 Å². The Bertz CT molecular complexity index is 3700. The van der Waals surface area contributed by atoms with Crippen molar-refractivity contribution in [2.24, 2.45) is 0 Å². The Labute approximate surface area is 421 Å². The molecular formula is C68H54N4. The van der Waals surface area contributed by atoms with E-state index in [1.165, 1.54) is 66.8 Å². The van der Waals surface area contributed by atoms with E-state index in [4.69, 9.17) is 0 Å². The maximum absolute atomic E-state index is 11.3. The van der Waals surface area contributed by atoms with Crippen LogP contribution in [0, 0.1) is 66.7 Å². The minimum Gasteiger partial charge on any atom is -0.308 e. The molecule has 0 saturated heterocycles. The van der Waals surface area contributed by atoms with Gasteiger partial charge >= 0.3 is 0 Å². The molecule has 4 nitrogen and oxygen atoms in total. The fourth-order valence-electron chi connectivity index (χ4n) is 11.7. The fourth-order valence-corrected chi connectivity index (χ4v) is 11.7. The first-order valence-electron chi connectivity index (χ1n) is 24.9. The second kappa shape index (κ2) is 17.3. The van der Waals surface area contributed by atoms with Crippen molar-refractivity contribution in [3.63, 3.8) is 0 Å². The average molecular weight is 927 g/mol. The van der Waals surface area contributed by atoms with E-state index in [0.717, 1.165) is 88.4 Å². The highest BCUT2D eigenvalue weighted by molar-refractivity contribution is 6.14. The van der Waals surface area contributed by atoms with E-state index < -0.39 is 0 Å². The summed E-state index contributed by atoms with van der Waals surface area (Å²) in [4.78, 5) is 4.56. The molecule has 0 N–H and O–H groups in total. The van der Waals surface area contributed by atoms with Gasteiger partial charge in [0.25, 0.3) is 0 Å². The van der Waals surface area contributed by atoms with Gasteiger partial charge in [0.1, 0.15) is 0 Å². The van der Waals surface area contributed by atoms with E-state index in [0.29, 0.717) is 5.56 Å². The van der Waals surface area contributed by atoms with Crippen LogP contribution in [0.3, 0.4) is 0 Å². The Hall–Kier alpha value is -8.78. The second-order valence-corrected chi connectivity index (χ2v) is 20.3. The zero-order chi connectivity index (χ0) is 49.5. The third-order valence-electron chi connectivity index (χ3n) is 14.4. The first-order valence-corrected chi connectivity index (χ1v) is 24.9. The smallest absolute Gasteiger partial charge is 0.0993 e. The van der Waals surface area contributed by atoms with Gasteiger partial charge in [-0.1, -0.05) is 166 Å². The quantitative estimate of drug-likeness (QED) is 0.160. The molecule has 12 rings (SSSR count). The highest BCUT2D eigenvalue weighted by Gasteiger charge is 2.25. The molecule has 0 aliphatic rings. The summed E-state index contributed by atoms with van der Waals surface area (Å²) in [6.07, 6.45) is 3.76. The molecule has 0 bridgehead atoms. The van der Waals surface area contributed by atoms with Gasteiger partial charge in [-0.2, -0.15) is 5.26 Å². The highest BCUT2D eigenvalue weighted by Crippen LogP contribution is 2.45. The molecule has 0 aliphatic carbocycles. The van der Waals surface area contributed by atoms with Crippen LogP contribution in [0.4, 0.5) is 0 Å². The zero-order valence-electron chi connectivity index (χ0n) is 42.1. The van der Waals surface area contributed by atoms with E-state index >= 15 is 0 Å². The molecule has 0 radical (unpaired) electrons. The molecule has 12 aromatic rings. The number of benzene rings is 9. The van der Waals surface area contributed by atoms with Crippen molar-refractivity contribution in [3.8, 4) is 73.1 Å². The SMILES string of the molecule is Cc1cc(C)cc(-c2ccc3c4ccc(-c5cc(C)cc(C)c5)cc4n(-c4cc(C#N)cc(-n5c6cc(-c7cc(C)cc(C)c7)ccc6c6ccc(-c7cc(C)cc(C)c7)cc65)c4-c4ccncc4)c3c2)c1. The molecule has 0 unspecified atom stereocenters. The van der Waals surface area contributed by atoms with Gasteiger partial charge in [-0.25, -0.2) is 0 Å². The summed E-state index contributed by atoms with van der Waals surface area (Å²) >= 11 is 0. The predicted molar refractivity (Wildman–Crippen MR) is 303 cm³/mol. The lowest BCUT2D eigenvalue weighted by Gasteiger charge is -2.21. The molecule has 0 fully saturated rings. The van der Waals surface area contributed by atoms with E-state index in [1.807, 2.05) is 12.4 Å². The zero-order valence-corrected chi connectivity index (χ0v) is 42.1. The maximum Gasteiger partial charge on any atom is 0.0993 e. The third kappa shape index (κ3) is 7.75. The molecule has 9 aromatic carbocycles. The van der Waals surface area contributed by atoms with Gasteiger partial charge < -0.3 is 9.13 Å². The molecule has 72 heavy (non-hydrogen) atoms. The van der Waals surface area contributed by atoms with Crippen LogP contribution < -0.4 is 0 Å². The van der Waals surface area contributed by atoms with E-state index in [2.05, 4.69) is 245 Å². The predicted octanol–water partition coefficient (Wildman–Crippen LogP) is 17.9. The minimum atomic E-state index is 0.565. The summed E-state index contributed by atoms with van der Waals surface area (Å²) in [7, 11) is 0. The first kappa shape index (κ1) is 44.4. The topological polar surface area (TPSA) is 46.5 Å². The molecule has 4 heteroatoms. The van der Waals surface area contributed by atoms with E-state index in [9.17, 15) is 5.26 Å². The van der Waals surface area contributed by atoms with Crippen LogP contribution in [0.5, 0.6) is 0 Å². The van der Waals surface area contributed by atoms with Crippen LogP contribution in [0.25, 0.3) is 111 Å². The van der Waals surface area contributed by atoms with Gasteiger partial charge in [0.2, 0.25) is 0 Å². The third-order valence-corrected chi connectivity index (χ3v) is 14.4. The summed E-state index contributed by atoms with van der Waals surface area (Å²) in [5, 5.41) is 15.9. The highest BCUT2D eigenvalue weighted by atomic mass is 15.0. The fraction of sp³-hybridized carbons (Fsp3) is 0.118. The summed E-state index contributed by atoms with van der Waals surface area (Å²) in [6, 6.07) is 65.8. The largest absolute Gasteiger partial charge is 0.308 e. The Balaban J connectivity index is 1.24. The van der Waals surface area contributed by atoms with Gasteiger partial charge in [0, 0.05) is 39.5 Å². The molecule has 0 atom stereocenters. The van der Waals surface area contributed by atoms with E-state index in [1.54, 1.807) is 0 Å². The monoisotopic (exact) mass is 926 g/mol. The van der Waals surface area contributed by atoms with Crippen molar-refractivity contribution in [2.45, 2.75) is 55.4 Å². The Morgan fingerprint density at radius 1 is 0.306 bits per heavy atom. The average Bonchev–Trinajstić information content (AvgIpc) is 3.86. The lowest BCUT2D eigenvalue weighted by atomic mass is 9.98. The summed E-state index contributed by atoms with van der Waals surface area (Å²) in [6.45, 7) is 17.3. The number of rotatable bonds is 7. The second-order valence-electron chi connectivity index (χ2n) is 20.3. The number of nitriles is 1. The molecular weight excluding hydrogens is 873 g/mol. The molecule has 0 spiro atoms. The molecule has 0 aliphatic heterocycles. The van der Waals surface area contributed by atoms with Crippen molar-refractivity contribution in [2.75, 3.05) is 0 Å². The molecule has 346 valence electrons.